The van der Waals surface area contributed by atoms with Crippen molar-refractivity contribution in [3.8, 4) is 17.3 Å². The maximum atomic E-state index is 12.6. The van der Waals surface area contributed by atoms with Crippen molar-refractivity contribution in [2.75, 3.05) is 0 Å². The molecule has 0 bridgehead atoms. The first-order chi connectivity index (χ1) is 9.82. The molecule has 0 aliphatic carbocycles. The normalized spacial score (nSPS) is 13.0. The fourth-order valence-electron chi connectivity index (χ4n) is 2.12. The van der Waals surface area contributed by atoms with Crippen LogP contribution in [0.25, 0.3) is 11.3 Å². The molecule has 2 aromatic rings. The van der Waals surface area contributed by atoms with Gasteiger partial charge in [0.2, 0.25) is 0 Å². The lowest BCUT2D eigenvalue weighted by molar-refractivity contribution is -0.137. The molecular weight excluding hydrogens is 279 g/mol. The van der Waals surface area contributed by atoms with E-state index in [9.17, 15) is 13.2 Å². The number of benzene rings is 1. The summed E-state index contributed by atoms with van der Waals surface area (Å²) in [5, 5.41) is 13.1. The molecule has 0 saturated carbocycles. The van der Waals surface area contributed by atoms with Crippen LogP contribution in [0.5, 0.6) is 0 Å². The highest BCUT2D eigenvalue weighted by Gasteiger charge is 2.30. The first-order valence-corrected chi connectivity index (χ1v) is 6.43. The van der Waals surface area contributed by atoms with Gasteiger partial charge in [-0.2, -0.15) is 23.5 Å². The Bertz CT molecular complexity index is 663. The topological polar surface area (TPSA) is 41.6 Å². The maximum absolute atomic E-state index is 12.6. The van der Waals surface area contributed by atoms with Gasteiger partial charge in [0.15, 0.2) is 0 Å². The molecule has 0 radical (unpaired) electrons. The zero-order valence-corrected chi connectivity index (χ0v) is 11.6. The molecule has 0 fully saturated rings. The number of aromatic nitrogens is 2. The molecule has 110 valence electrons. The number of rotatable bonds is 3. The van der Waals surface area contributed by atoms with E-state index in [0.717, 1.165) is 17.8 Å². The van der Waals surface area contributed by atoms with E-state index >= 15 is 0 Å². The van der Waals surface area contributed by atoms with Crippen molar-refractivity contribution in [3.63, 3.8) is 0 Å². The number of nitriles is 1. The number of halogens is 3. The quantitative estimate of drug-likeness (QED) is 0.844. The standard InChI is InChI=1S/C15H14F3N3/c1-10-9-14(21(20-10)11(2)7-8-19)12-3-5-13(6-4-12)15(16,17)18/h3-6,9,11H,7H2,1-2H3. The summed E-state index contributed by atoms with van der Waals surface area (Å²) in [6.45, 7) is 3.66. The zero-order chi connectivity index (χ0) is 15.6. The SMILES string of the molecule is Cc1cc(-c2ccc(C(F)(F)F)cc2)n(C(C)CC#N)n1. The summed E-state index contributed by atoms with van der Waals surface area (Å²) >= 11 is 0. The second-order valence-corrected chi connectivity index (χ2v) is 4.90. The molecule has 0 amide bonds. The largest absolute Gasteiger partial charge is 0.416 e. The number of aryl methyl sites for hydroxylation is 1. The monoisotopic (exact) mass is 293 g/mol. The van der Waals surface area contributed by atoms with Gasteiger partial charge in [0.1, 0.15) is 0 Å². The Morgan fingerprint density at radius 2 is 1.90 bits per heavy atom. The lowest BCUT2D eigenvalue weighted by Crippen LogP contribution is -2.08. The van der Waals surface area contributed by atoms with E-state index < -0.39 is 11.7 Å². The van der Waals surface area contributed by atoms with Crippen molar-refractivity contribution in [3.05, 3.63) is 41.6 Å². The molecule has 0 N–H and O–H groups in total. The van der Waals surface area contributed by atoms with Gasteiger partial charge in [-0.15, -0.1) is 0 Å². The molecule has 1 aromatic carbocycles. The summed E-state index contributed by atoms with van der Waals surface area (Å²) < 4.78 is 39.4. The zero-order valence-electron chi connectivity index (χ0n) is 11.6. The fraction of sp³-hybridized carbons (Fsp3) is 0.333. The molecular formula is C15H14F3N3. The predicted octanol–water partition coefficient (Wildman–Crippen LogP) is 4.35. The molecule has 0 aliphatic heterocycles. The van der Waals surface area contributed by atoms with E-state index in [1.54, 1.807) is 10.7 Å². The first-order valence-electron chi connectivity index (χ1n) is 6.43. The minimum Gasteiger partial charge on any atom is -0.261 e. The molecule has 1 atom stereocenters. The summed E-state index contributed by atoms with van der Waals surface area (Å²) in [5.74, 6) is 0. The third-order valence-electron chi connectivity index (χ3n) is 3.17. The van der Waals surface area contributed by atoms with Gasteiger partial charge < -0.3 is 0 Å². The van der Waals surface area contributed by atoms with E-state index in [1.807, 2.05) is 13.8 Å². The average Bonchev–Trinajstić information content (AvgIpc) is 2.80. The second-order valence-electron chi connectivity index (χ2n) is 4.90. The van der Waals surface area contributed by atoms with Gasteiger partial charge >= 0.3 is 6.18 Å². The van der Waals surface area contributed by atoms with Crippen molar-refractivity contribution in [1.29, 1.82) is 5.26 Å². The van der Waals surface area contributed by atoms with Crippen LogP contribution in [-0.2, 0) is 6.18 Å². The minimum absolute atomic E-state index is 0.138. The Kier molecular flexibility index (Phi) is 4.03. The number of hydrogen-bond acceptors (Lipinski definition) is 2. The van der Waals surface area contributed by atoms with Crippen LogP contribution in [0.4, 0.5) is 13.2 Å². The molecule has 6 heteroatoms. The summed E-state index contributed by atoms with van der Waals surface area (Å²) in [5.41, 5.74) is 1.44. The molecule has 0 saturated heterocycles. The molecule has 3 nitrogen and oxygen atoms in total. The number of alkyl halides is 3. The summed E-state index contributed by atoms with van der Waals surface area (Å²) in [7, 11) is 0. The summed E-state index contributed by atoms with van der Waals surface area (Å²) in [6.07, 6.45) is -4.06. The fourth-order valence-corrected chi connectivity index (χ4v) is 2.12. The van der Waals surface area contributed by atoms with Crippen LogP contribution >= 0.6 is 0 Å². The van der Waals surface area contributed by atoms with Gasteiger partial charge in [-0.05, 0) is 37.6 Å². The highest BCUT2D eigenvalue weighted by atomic mass is 19.4. The van der Waals surface area contributed by atoms with Gasteiger partial charge in [0.25, 0.3) is 0 Å². The van der Waals surface area contributed by atoms with E-state index in [-0.39, 0.29) is 12.5 Å². The van der Waals surface area contributed by atoms with Crippen molar-refractivity contribution in [2.45, 2.75) is 32.5 Å². The van der Waals surface area contributed by atoms with Crippen molar-refractivity contribution in [2.24, 2.45) is 0 Å². The van der Waals surface area contributed by atoms with Crippen LogP contribution in [0.2, 0.25) is 0 Å². The van der Waals surface area contributed by atoms with Crippen LogP contribution in [0.15, 0.2) is 30.3 Å². The van der Waals surface area contributed by atoms with Gasteiger partial charge in [-0.1, -0.05) is 12.1 Å². The second kappa shape index (κ2) is 5.60. The van der Waals surface area contributed by atoms with Gasteiger partial charge in [0.05, 0.1) is 35.5 Å². The molecule has 0 spiro atoms. The van der Waals surface area contributed by atoms with Crippen LogP contribution in [-0.4, -0.2) is 9.78 Å². The Morgan fingerprint density at radius 3 is 2.43 bits per heavy atom. The predicted molar refractivity (Wildman–Crippen MR) is 72.3 cm³/mol. The van der Waals surface area contributed by atoms with Gasteiger partial charge in [0, 0.05) is 0 Å². The Morgan fingerprint density at radius 1 is 1.29 bits per heavy atom. The Labute approximate surface area is 120 Å². The molecule has 21 heavy (non-hydrogen) atoms. The maximum Gasteiger partial charge on any atom is 0.416 e. The van der Waals surface area contributed by atoms with E-state index in [2.05, 4.69) is 11.2 Å². The van der Waals surface area contributed by atoms with Crippen molar-refractivity contribution < 1.29 is 13.2 Å². The van der Waals surface area contributed by atoms with Gasteiger partial charge in [-0.3, -0.25) is 4.68 Å². The smallest absolute Gasteiger partial charge is 0.261 e. The molecule has 1 unspecified atom stereocenters. The van der Waals surface area contributed by atoms with Crippen LogP contribution < -0.4 is 0 Å². The van der Waals surface area contributed by atoms with Gasteiger partial charge in [-0.25, -0.2) is 0 Å². The lowest BCUT2D eigenvalue weighted by atomic mass is 10.1. The highest BCUT2D eigenvalue weighted by molar-refractivity contribution is 5.60. The van der Waals surface area contributed by atoms with Crippen LogP contribution in [0, 0.1) is 18.3 Å². The third-order valence-corrected chi connectivity index (χ3v) is 3.17. The molecule has 0 aliphatic rings. The van der Waals surface area contributed by atoms with Crippen molar-refractivity contribution in [1.82, 2.24) is 9.78 Å². The van der Waals surface area contributed by atoms with E-state index in [0.29, 0.717) is 11.3 Å². The first kappa shape index (κ1) is 15.1. The molecule has 1 heterocycles. The average molecular weight is 293 g/mol. The number of nitrogens with zero attached hydrogens (tertiary/aromatic N) is 3. The number of hydrogen-bond donors (Lipinski definition) is 0. The van der Waals surface area contributed by atoms with Crippen LogP contribution in [0.3, 0.4) is 0 Å². The Balaban J connectivity index is 2.41. The third kappa shape index (κ3) is 3.24. The summed E-state index contributed by atoms with van der Waals surface area (Å²) in [6, 6.07) is 8.69. The molecule has 2 rings (SSSR count). The summed E-state index contributed by atoms with van der Waals surface area (Å²) in [4.78, 5) is 0. The highest BCUT2D eigenvalue weighted by Crippen LogP contribution is 2.31. The Hall–Kier alpha value is -2.29. The van der Waals surface area contributed by atoms with Crippen LogP contribution in [0.1, 0.15) is 30.6 Å². The molecule has 1 aromatic heterocycles. The minimum atomic E-state index is -4.34. The van der Waals surface area contributed by atoms with E-state index in [4.69, 9.17) is 5.26 Å². The van der Waals surface area contributed by atoms with E-state index in [1.165, 1.54) is 12.1 Å². The van der Waals surface area contributed by atoms with Crippen molar-refractivity contribution >= 4 is 0 Å². The lowest BCUT2D eigenvalue weighted by Gasteiger charge is -2.13.